The van der Waals surface area contributed by atoms with Gasteiger partial charge in [-0.1, -0.05) is 12.1 Å². The number of carboxylic acid groups (broad SMARTS) is 1. The fourth-order valence-corrected chi connectivity index (χ4v) is 3.43. The molecule has 1 aromatic carbocycles. The van der Waals surface area contributed by atoms with Crippen molar-refractivity contribution in [3.63, 3.8) is 0 Å². The van der Waals surface area contributed by atoms with E-state index in [0.717, 1.165) is 18.8 Å². The second-order valence-electron chi connectivity index (χ2n) is 7.43. The van der Waals surface area contributed by atoms with Crippen molar-refractivity contribution >= 4 is 17.3 Å². The number of hydrogen-bond donors (Lipinski definition) is 3. The number of hydrogen-bond acceptors (Lipinski definition) is 7. The van der Waals surface area contributed by atoms with Crippen molar-refractivity contribution in [2.24, 2.45) is 0 Å². The van der Waals surface area contributed by atoms with Gasteiger partial charge in [0.25, 0.3) is 5.56 Å². The van der Waals surface area contributed by atoms with E-state index in [2.05, 4.69) is 10.3 Å². The number of nitrogens with zero attached hydrogens (tertiary/aromatic N) is 3. The van der Waals surface area contributed by atoms with Crippen LogP contribution in [0.15, 0.2) is 41.3 Å². The topological polar surface area (TPSA) is 137 Å². The summed E-state index contributed by atoms with van der Waals surface area (Å²) in [5.41, 5.74) is 0.945. The van der Waals surface area contributed by atoms with Crippen LogP contribution >= 0.6 is 0 Å². The van der Waals surface area contributed by atoms with E-state index in [4.69, 9.17) is 10.00 Å². The third-order valence-corrected chi connectivity index (χ3v) is 5.01. The van der Waals surface area contributed by atoms with Crippen molar-refractivity contribution in [1.29, 1.82) is 5.26 Å². The molecular weight excluding hydrogens is 412 g/mol. The van der Waals surface area contributed by atoms with Crippen LogP contribution in [0.1, 0.15) is 52.9 Å². The van der Waals surface area contributed by atoms with Crippen LogP contribution in [0, 0.1) is 18.3 Å². The number of carboxylic acids is 1. The summed E-state index contributed by atoms with van der Waals surface area (Å²) in [6.45, 7) is 5.57. The molecule has 166 valence electrons. The maximum absolute atomic E-state index is 12.5. The van der Waals surface area contributed by atoms with Gasteiger partial charge in [0.05, 0.1) is 11.6 Å². The monoisotopic (exact) mass is 436 g/mol. The van der Waals surface area contributed by atoms with Crippen molar-refractivity contribution in [2.45, 2.75) is 32.7 Å². The predicted octanol–water partition coefficient (Wildman–Crippen LogP) is 3.25. The predicted molar refractivity (Wildman–Crippen MR) is 118 cm³/mol. The normalized spacial score (nSPS) is 13.7. The van der Waals surface area contributed by atoms with Crippen LogP contribution in [0.3, 0.4) is 0 Å². The standard InChI is InChI=1S/C19H16N4O4.C4H8O/c1-10-7-13(11(2)21-15-6-4-3-5-12(15)19(26)27)16-22-17(24)14(8-20)18(25)23(16)9-10;1-2-4-5-3-1/h3-7,9,11,21,24H,1-2H3,(H,26,27);1-4H2. The van der Waals surface area contributed by atoms with E-state index in [-0.39, 0.29) is 11.2 Å². The summed E-state index contributed by atoms with van der Waals surface area (Å²) >= 11 is 0. The summed E-state index contributed by atoms with van der Waals surface area (Å²) < 4.78 is 6.16. The van der Waals surface area contributed by atoms with Crippen molar-refractivity contribution in [2.75, 3.05) is 18.5 Å². The smallest absolute Gasteiger partial charge is 0.337 e. The van der Waals surface area contributed by atoms with E-state index in [9.17, 15) is 19.8 Å². The first-order chi connectivity index (χ1) is 15.3. The second kappa shape index (κ2) is 9.94. The maximum atomic E-state index is 12.5. The van der Waals surface area contributed by atoms with Crippen molar-refractivity contribution in [1.82, 2.24) is 9.38 Å². The fraction of sp³-hybridized carbons (Fsp3) is 0.304. The molecule has 0 amide bonds. The van der Waals surface area contributed by atoms with Gasteiger partial charge in [0.2, 0.25) is 5.88 Å². The van der Waals surface area contributed by atoms with E-state index in [1.54, 1.807) is 44.2 Å². The summed E-state index contributed by atoms with van der Waals surface area (Å²) in [7, 11) is 0. The first-order valence-corrected chi connectivity index (χ1v) is 10.2. The molecule has 9 heteroatoms. The van der Waals surface area contributed by atoms with Crippen molar-refractivity contribution in [3.05, 3.63) is 69.1 Å². The van der Waals surface area contributed by atoms with Gasteiger partial charge in [-0.3, -0.25) is 9.20 Å². The number of fused-ring (bicyclic) bond motifs is 1. The molecule has 0 spiro atoms. The Bertz CT molecular complexity index is 1230. The van der Waals surface area contributed by atoms with Crippen molar-refractivity contribution < 1.29 is 19.7 Å². The zero-order chi connectivity index (χ0) is 23.3. The third kappa shape index (κ3) is 4.87. The third-order valence-electron chi connectivity index (χ3n) is 5.01. The lowest BCUT2D eigenvalue weighted by Gasteiger charge is -2.19. The molecule has 0 radical (unpaired) electrons. The Morgan fingerprint density at radius 3 is 2.59 bits per heavy atom. The molecule has 1 unspecified atom stereocenters. The molecule has 1 atom stereocenters. The largest absolute Gasteiger partial charge is 0.492 e. The first-order valence-electron chi connectivity index (χ1n) is 10.2. The average Bonchev–Trinajstić information content (AvgIpc) is 3.35. The number of carbonyl (C=O) groups is 1. The number of nitrogens with one attached hydrogen (secondary N) is 1. The number of nitriles is 1. The minimum absolute atomic E-state index is 0.112. The number of ether oxygens (including phenoxy) is 1. The summed E-state index contributed by atoms with van der Waals surface area (Å²) in [4.78, 5) is 27.9. The van der Waals surface area contributed by atoms with E-state index >= 15 is 0 Å². The number of aromatic carboxylic acids is 1. The van der Waals surface area contributed by atoms with Crippen LogP contribution in [-0.4, -0.2) is 38.8 Å². The highest BCUT2D eigenvalue weighted by atomic mass is 16.5. The lowest BCUT2D eigenvalue weighted by molar-refractivity contribution is 0.0698. The van der Waals surface area contributed by atoms with E-state index in [1.807, 2.05) is 0 Å². The highest BCUT2D eigenvalue weighted by molar-refractivity contribution is 5.94. The molecule has 3 heterocycles. The van der Waals surface area contributed by atoms with Gasteiger partial charge in [-0.15, -0.1) is 0 Å². The fourth-order valence-electron chi connectivity index (χ4n) is 3.43. The molecule has 0 saturated carbocycles. The lowest BCUT2D eigenvalue weighted by atomic mass is 10.1. The van der Waals surface area contributed by atoms with Crippen LogP contribution in [0.2, 0.25) is 0 Å². The number of aryl methyl sites for hydroxylation is 1. The number of para-hydroxylation sites is 1. The molecule has 0 bridgehead atoms. The molecule has 1 saturated heterocycles. The molecule has 9 nitrogen and oxygen atoms in total. The Hall–Kier alpha value is -3.90. The van der Waals surface area contributed by atoms with Crippen LogP contribution in [0.4, 0.5) is 5.69 Å². The summed E-state index contributed by atoms with van der Waals surface area (Å²) in [5.74, 6) is -1.70. The summed E-state index contributed by atoms with van der Waals surface area (Å²) in [5, 5.41) is 31.4. The lowest BCUT2D eigenvalue weighted by Crippen LogP contribution is -2.21. The number of aromatic nitrogens is 2. The van der Waals surface area contributed by atoms with Gasteiger partial charge in [0.1, 0.15) is 11.7 Å². The molecular formula is C23H24N4O5. The molecule has 3 aromatic rings. The highest BCUT2D eigenvalue weighted by Gasteiger charge is 2.19. The quantitative estimate of drug-likeness (QED) is 0.567. The van der Waals surface area contributed by atoms with Crippen LogP contribution < -0.4 is 10.9 Å². The molecule has 3 N–H and O–H groups in total. The van der Waals surface area contributed by atoms with Crippen LogP contribution in [0.5, 0.6) is 5.88 Å². The van der Waals surface area contributed by atoms with Gasteiger partial charge >= 0.3 is 5.97 Å². The average molecular weight is 436 g/mol. The SMILES string of the molecule is C1CCOC1.Cc1cc(C(C)Nc2ccccc2C(=O)O)c2nc(O)c(C#N)c(=O)n2c1. The van der Waals surface area contributed by atoms with Gasteiger partial charge in [-0.2, -0.15) is 10.2 Å². The van der Waals surface area contributed by atoms with E-state index in [1.165, 1.54) is 29.5 Å². The zero-order valence-electron chi connectivity index (χ0n) is 17.8. The van der Waals surface area contributed by atoms with Gasteiger partial charge in [0.15, 0.2) is 5.56 Å². The van der Waals surface area contributed by atoms with E-state index < -0.39 is 29.0 Å². The van der Waals surface area contributed by atoms with Gasteiger partial charge in [-0.05, 0) is 50.5 Å². The second-order valence-corrected chi connectivity index (χ2v) is 7.43. The van der Waals surface area contributed by atoms with Crippen LogP contribution in [-0.2, 0) is 4.74 Å². The van der Waals surface area contributed by atoms with Crippen LogP contribution in [0.25, 0.3) is 5.65 Å². The molecule has 4 rings (SSSR count). The Morgan fingerprint density at radius 1 is 1.31 bits per heavy atom. The Kier molecular flexibility index (Phi) is 7.07. The minimum Gasteiger partial charge on any atom is -0.492 e. The maximum Gasteiger partial charge on any atom is 0.337 e. The van der Waals surface area contributed by atoms with E-state index in [0.29, 0.717) is 11.3 Å². The van der Waals surface area contributed by atoms with Gasteiger partial charge in [0, 0.05) is 30.7 Å². The summed E-state index contributed by atoms with van der Waals surface area (Å²) in [6, 6.07) is 9.48. The van der Waals surface area contributed by atoms with Gasteiger partial charge in [-0.25, -0.2) is 4.79 Å². The Labute approximate surface area is 184 Å². The number of anilines is 1. The Morgan fingerprint density at radius 2 is 2.00 bits per heavy atom. The number of benzene rings is 1. The number of aromatic hydroxyl groups is 1. The molecule has 32 heavy (non-hydrogen) atoms. The number of rotatable bonds is 4. The van der Waals surface area contributed by atoms with Gasteiger partial charge < -0.3 is 20.3 Å². The first kappa shape index (κ1) is 22.8. The molecule has 2 aromatic heterocycles. The Balaban J connectivity index is 0.000000509. The molecule has 1 fully saturated rings. The molecule has 1 aliphatic rings. The zero-order valence-corrected chi connectivity index (χ0v) is 17.8. The summed E-state index contributed by atoms with van der Waals surface area (Å²) in [6.07, 6.45) is 4.09. The highest BCUT2D eigenvalue weighted by Crippen LogP contribution is 2.26. The van der Waals surface area contributed by atoms with Crippen molar-refractivity contribution in [3.8, 4) is 11.9 Å². The number of pyridine rings is 1. The molecule has 0 aliphatic carbocycles. The minimum atomic E-state index is -1.06. The molecule has 1 aliphatic heterocycles.